The third kappa shape index (κ3) is 5.15. The largest absolute Gasteiger partial charge is 0.369 e. The lowest BCUT2D eigenvalue weighted by molar-refractivity contribution is 0.180. The van der Waals surface area contributed by atoms with Crippen molar-refractivity contribution in [2.45, 2.75) is 45.7 Å². The minimum atomic E-state index is 0.493. The molecule has 2 aromatic heterocycles. The highest BCUT2D eigenvalue weighted by atomic mass is 15.2. The van der Waals surface area contributed by atoms with Gasteiger partial charge in [-0.25, -0.2) is 0 Å². The minimum absolute atomic E-state index is 0.493. The lowest BCUT2D eigenvalue weighted by Crippen LogP contribution is -2.48. The summed E-state index contributed by atoms with van der Waals surface area (Å²) in [5.41, 5.74) is 8.93. The Morgan fingerprint density at radius 3 is 2.71 bits per heavy atom. The van der Waals surface area contributed by atoms with Gasteiger partial charge in [0, 0.05) is 68.7 Å². The average Bonchev–Trinajstić information content (AvgIpc) is 2.84. The van der Waals surface area contributed by atoms with E-state index in [2.05, 4.69) is 93.4 Å². The highest BCUT2D eigenvalue weighted by molar-refractivity contribution is 5.59. The van der Waals surface area contributed by atoms with E-state index in [0.717, 1.165) is 44.0 Å². The van der Waals surface area contributed by atoms with E-state index >= 15 is 0 Å². The summed E-state index contributed by atoms with van der Waals surface area (Å²) >= 11 is 0. The van der Waals surface area contributed by atoms with Gasteiger partial charge in [0.05, 0.1) is 11.9 Å². The Hall–Kier alpha value is -3.18. The van der Waals surface area contributed by atoms with E-state index in [1.54, 1.807) is 0 Å². The second-order valence-corrected chi connectivity index (χ2v) is 9.81. The fourth-order valence-corrected chi connectivity index (χ4v) is 5.38. The Morgan fingerprint density at radius 2 is 1.88 bits per heavy atom. The Morgan fingerprint density at radius 1 is 1.00 bits per heavy atom. The van der Waals surface area contributed by atoms with Gasteiger partial charge < -0.3 is 9.80 Å². The number of benzene rings is 1. The van der Waals surface area contributed by atoms with E-state index in [9.17, 15) is 0 Å². The van der Waals surface area contributed by atoms with Gasteiger partial charge in [0.2, 0.25) is 0 Å². The van der Waals surface area contributed by atoms with Gasteiger partial charge in [0.25, 0.3) is 0 Å². The number of aromatic nitrogens is 2. The number of anilines is 2. The van der Waals surface area contributed by atoms with Gasteiger partial charge in [-0.15, -0.1) is 0 Å². The SMILES string of the molecule is Cc1ccc(N2CCC[C@H](N(CC3=CN(C)c4ccccc4C3)Cc3ccnc(C)c3)C2)cn1. The summed E-state index contributed by atoms with van der Waals surface area (Å²) in [5.74, 6) is 0. The maximum atomic E-state index is 4.55. The van der Waals surface area contributed by atoms with Crippen LogP contribution in [0, 0.1) is 13.8 Å². The molecule has 5 nitrogen and oxygen atoms in total. The fraction of sp³-hybridized carbons (Fsp3) is 0.379. The van der Waals surface area contributed by atoms with E-state index in [-0.39, 0.29) is 0 Å². The van der Waals surface area contributed by atoms with Crippen molar-refractivity contribution >= 4 is 11.4 Å². The molecule has 0 radical (unpaired) electrons. The van der Waals surface area contributed by atoms with Gasteiger partial charge >= 0.3 is 0 Å². The van der Waals surface area contributed by atoms with Gasteiger partial charge in [-0.2, -0.15) is 0 Å². The van der Waals surface area contributed by atoms with Crippen LogP contribution in [0.2, 0.25) is 0 Å². The molecule has 1 atom stereocenters. The second-order valence-electron chi connectivity index (χ2n) is 9.81. The Balaban J connectivity index is 1.38. The van der Waals surface area contributed by atoms with Gasteiger partial charge in [0.1, 0.15) is 0 Å². The van der Waals surface area contributed by atoms with Crippen molar-refractivity contribution in [2.24, 2.45) is 0 Å². The van der Waals surface area contributed by atoms with Crippen LogP contribution in [0.15, 0.2) is 72.7 Å². The number of rotatable bonds is 6. The molecule has 0 amide bonds. The molecule has 3 aromatic rings. The first-order valence-electron chi connectivity index (χ1n) is 12.4. The van der Waals surface area contributed by atoms with Gasteiger partial charge in [-0.1, -0.05) is 18.2 Å². The topological polar surface area (TPSA) is 35.5 Å². The van der Waals surface area contributed by atoms with Crippen LogP contribution in [-0.4, -0.2) is 47.6 Å². The van der Waals surface area contributed by atoms with Crippen LogP contribution in [0.5, 0.6) is 0 Å². The molecule has 0 aliphatic carbocycles. The molecule has 34 heavy (non-hydrogen) atoms. The Labute approximate surface area is 203 Å². The zero-order valence-electron chi connectivity index (χ0n) is 20.6. The summed E-state index contributed by atoms with van der Waals surface area (Å²) in [5, 5.41) is 0. The summed E-state index contributed by atoms with van der Waals surface area (Å²) in [6.45, 7) is 8.18. The first kappa shape index (κ1) is 22.6. The first-order chi connectivity index (χ1) is 16.5. The van der Waals surface area contributed by atoms with Crippen LogP contribution in [0.1, 0.15) is 35.4 Å². The third-order valence-corrected chi connectivity index (χ3v) is 7.09. The van der Waals surface area contributed by atoms with Crippen molar-refractivity contribution in [3.8, 4) is 0 Å². The molecule has 176 valence electrons. The van der Waals surface area contributed by atoms with Gasteiger partial charge in [0.15, 0.2) is 0 Å². The van der Waals surface area contributed by atoms with Crippen molar-refractivity contribution < 1.29 is 0 Å². The number of hydrogen-bond donors (Lipinski definition) is 0. The Bertz CT molecular complexity index is 1150. The van der Waals surface area contributed by atoms with Crippen LogP contribution in [0.25, 0.3) is 0 Å². The standard InChI is InChI=1S/C29H35N5/c1-22-10-11-27(17-31-22)33-14-6-8-28(21-33)34(19-24-12-13-30-23(2)15-24)20-25-16-26-7-4-5-9-29(26)32(3)18-25/h4-5,7,9-13,15,17-18,28H,6,8,14,16,19-21H2,1-3H3/t28-/m0/s1. The van der Waals surface area contributed by atoms with Crippen LogP contribution < -0.4 is 9.80 Å². The van der Waals surface area contributed by atoms with Crippen LogP contribution in [-0.2, 0) is 13.0 Å². The zero-order valence-corrected chi connectivity index (χ0v) is 20.6. The summed E-state index contributed by atoms with van der Waals surface area (Å²) < 4.78 is 0. The molecular formula is C29H35N5. The highest BCUT2D eigenvalue weighted by Gasteiger charge is 2.27. The van der Waals surface area contributed by atoms with E-state index in [0.29, 0.717) is 6.04 Å². The average molecular weight is 454 g/mol. The molecule has 1 fully saturated rings. The van der Waals surface area contributed by atoms with Crippen molar-refractivity contribution in [3.05, 3.63) is 95.2 Å². The van der Waals surface area contributed by atoms with E-state index in [1.807, 2.05) is 19.3 Å². The summed E-state index contributed by atoms with van der Waals surface area (Å²) in [6, 6.07) is 18.0. The molecule has 0 unspecified atom stereocenters. The minimum Gasteiger partial charge on any atom is -0.369 e. The molecule has 5 rings (SSSR count). The number of pyridine rings is 2. The number of nitrogens with zero attached hydrogens (tertiary/aromatic N) is 5. The molecule has 2 aliphatic rings. The van der Waals surface area contributed by atoms with Crippen molar-refractivity contribution in [3.63, 3.8) is 0 Å². The smallest absolute Gasteiger partial charge is 0.0553 e. The zero-order chi connectivity index (χ0) is 23.5. The van der Waals surface area contributed by atoms with Gasteiger partial charge in [-0.05, 0) is 80.1 Å². The third-order valence-electron chi connectivity index (χ3n) is 7.09. The lowest BCUT2D eigenvalue weighted by atomic mass is 9.97. The highest BCUT2D eigenvalue weighted by Crippen LogP contribution is 2.30. The molecule has 0 bridgehead atoms. The molecule has 0 saturated carbocycles. The first-order valence-corrected chi connectivity index (χ1v) is 12.4. The van der Waals surface area contributed by atoms with Crippen molar-refractivity contribution in [1.82, 2.24) is 14.9 Å². The summed E-state index contributed by atoms with van der Waals surface area (Å²) in [4.78, 5) is 16.5. The fourth-order valence-electron chi connectivity index (χ4n) is 5.38. The number of para-hydroxylation sites is 1. The van der Waals surface area contributed by atoms with Crippen LogP contribution in [0.3, 0.4) is 0 Å². The molecule has 5 heteroatoms. The lowest BCUT2D eigenvalue weighted by Gasteiger charge is -2.41. The molecular weight excluding hydrogens is 418 g/mol. The second kappa shape index (κ2) is 9.98. The Kier molecular flexibility index (Phi) is 6.63. The van der Waals surface area contributed by atoms with E-state index < -0.39 is 0 Å². The predicted molar refractivity (Wildman–Crippen MR) is 140 cm³/mol. The van der Waals surface area contributed by atoms with Crippen LogP contribution >= 0.6 is 0 Å². The maximum Gasteiger partial charge on any atom is 0.0553 e. The quantitative estimate of drug-likeness (QED) is 0.516. The number of fused-ring (bicyclic) bond motifs is 1. The normalized spacial score (nSPS) is 18.1. The summed E-state index contributed by atoms with van der Waals surface area (Å²) in [7, 11) is 2.17. The molecule has 2 aliphatic heterocycles. The molecule has 0 spiro atoms. The molecule has 4 heterocycles. The maximum absolute atomic E-state index is 4.55. The predicted octanol–water partition coefficient (Wildman–Crippen LogP) is 5.14. The van der Waals surface area contributed by atoms with Crippen LogP contribution in [0.4, 0.5) is 11.4 Å². The van der Waals surface area contributed by atoms with Crippen molar-refractivity contribution in [1.29, 1.82) is 0 Å². The van der Waals surface area contributed by atoms with E-state index in [4.69, 9.17) is 0 Å². The molecule has 0 N–H and O–H groups in total. The molecule has 1 saturated heterocycles. The monoisotopic (exact) mass is 453 g/mol. The number of piperidine rings is 1. The van der Waals surface area contributed by atoms with E-state index in [1.165, 1.54) is 40.9 Å². The summed E-state index contributed by atoms with van der Waals surface area (Å²) in [6.07, 6.45) is 9.76. The van der Waals surface area contributed by atoms with Crippen molar-refractivity contribution in [2.75, 3.05) is 36.5 Å². The number of aryl methyl sites for hydroxylation is 2. The molecule has 1 aromatic carbocycles. The van der Waals surface area contributed by atoms with Gasteiger partial charge in [-0.3, -0.25) is 14.9 Å². The number of hydrogen-bond acceptors (Lipinski definition) is 5.